The summed E-state index contributed by atoms with van der Waals surface area (Å²) in [7, 11) is 0. The zero-order valence-corrected chi connectivity index (χ0v) is 12.3. The summed E-state index contributed by atoms with van der Waals surface area (Å²) in [4.78, 5) is 0. The van der Waals surface area contributed by atoms with Gasteiger partial charge in [-0.2, -0.15) is 0 Å². The number of hydrogen-bond donors (Lipinski definition) is 1. The molecule has 0 fully saturated rings. The van der Waals surface area contributed by atoms with E-state index >= 15 is 0 Å². The Bertz CT molecular complexity index is 126. The maximum absolute atomic E-state index is 3.61. The number of hydrogen-bond acceptors (Lipinski definition) is 1. The SMILES string of the molecule is CCCCCCCCNC(CBr)C(C)C. The van der Waals surface area contributed by atoms with Crippen LogP contribution in [-0.2, 0) is 0 Å². The first-order valence-electron chi connectivity index (χ1n) is 6.51. The quantitative estimate of drug-likeness (QED) is 0.462. The first-order valence-corrected chi connectivity index (χ1v) is 7.63. The average molecular weight is 278 g/mol. The van der Waals surface area contributed by atoms with Gasteiger partial charge in [0.2, 0.25) is 0 Å². The van der Waals surface area contributed by atoms with Crippen LogP contribution in [0.3, 0.4) is 0 Å². The Labute approximate surface area is 105 Å². The molecular formula is C13H28BrN. The summed E-state index contributed by atoms with van der Waals surface area (Å²) in [6.07, 6.45) is 8.31. The molecule has 0 aromatic heterocycles. The lowest BCUT2D eigenvalue weighted by Gasteiger charge is -2.19. The van der Waals surface area contributed by atoms with Gasteiger partial charge in [0, 0.05) is 11.4 Å². The van der Waals surface area contributed by atoms with E-state index in [-0.39, 0.29) is 0 Å². The van der Waals surface area contributed by atoms with Crippen molar-refractivity contribution >= 4 is 15.9 Å². The second kappa shape index (κ2) is 10.9. The van der Waals surface area contributed by atoms with Crippen molar-refractivity contribution in [2.24, 2.45) is 5.92 Å². The fourth-order valence-electron chi connectivity index (χ4n) is 1.66. The zero-order valence-electron chi connectivity index (χ0n) is 10.7. The molecule has 1 nitrogen and oxygen atoms in total. The van der Waals surface area contributed by atoms with Gasteiger partial charge in [-0.05, 0) is 18.9 Å². The smallest absolute Gasteiger partial charge is 0.0188 e. The molecule has 2 heteroatoms. The third-order valence-electron chi connectivity index (χ3n) is 2.91. The first-order chi connectivity index (χ1) is 7.22. The van der Waals surface area contributed by atoms with Crippen LogP contribution < -0.4 is 5.32 Å². The van der Waals surface area contributed by atoms with Crippen molar-refractivity contribution in [1.82, 2.24) is 5.32 Å². The van der Waals surface area contributed by atoms with E-state index in [1.807, 2.05) is 0 Å². The van der Waals surface area contributed by atoms with Crippen molar-refractivity contribution in [1.29, 1.82) is 0 Å². The highest BCUT2D eigenvalue weighted by molar-refractivity contribution is 9.09. The Kier molecular flexibility index (Phi) is 11.3. The van der Waals surface area contributed by atoms with E-state index in [0.717, 1.165) is 11.2 Å². The van der Waals surface area contributed by atoms with Gasteiger partial charge in [-0.3, -0.25) is 0 Å². The minimum atomic E-state index is 0.639. The molecule has 0 bridgehead atoms. The molecule has 1 N–H and O–H groups in total. The van der Waals surface area contributed by atoms with Crippen molar-refractivity contribution in [3.8, 4) is 0 Å². The fraction of sp³-hybridized carbons (Fsp3) is 1.00. The minimum absolute atomic E-state index is 0.639. The number of alkyl halides is 1. The summed E-state index contributed by atoms with van der Waals surface area (Å²) in [5, 5.41) is 4.68. The van der Waals surface area contributed by atoms with Gasteiger partial charge in [0.05, 0.1) is 0 Å². The molecule has 0 saturated heterocycles. The molecular weight excluding hydrogens is 250 g/mol. The summed E-state index contributed by atoms with van der Waals surface area (Å²) >= 11 is 3.56. The van der Waals surface area contributed by atoms with Crippen LogP contribution in [-0.4, -0.2) is 17.9 Å². The molecule has 15 heavy (non-hydrogen) atoms. The molecule has 92 valence electrons. The Balaban J connectivity index is 3.22. The third kappa shape index (κ3) is 9.37. The van der Waals surface area contributed by atoms with E-state index in [2.05, 4.69) is 42.0 Å². The number of halogens is 1. The van der Waals surface area contributed by atoms with Gasteiger partial charge >= 0.3 is 0 Å². The predicted molar refractivity (Wildman–Crippen MR) is 73.8 cm³/mol. The van der Waals surface area contributed by atoms with Crippen LogP contribution in [0.5, 0.6) is 0 Å². The van der Waals surface area contributed by atoms with Crippen LogP contribution in [0.4, 0.5) is 0 Å². The summed E-state index contributed by atoms with van der Waals surface area (Å²) < 4.78 is 0. The number of nitrogens with one attached hydrogen (secondary N) is 1. The van der Waals surface area contributed by atoms with Crippen LogP contribution in [0.15, 0.2) is 0 Å². The highest BCUT2D eigenvalue weighted by Crippen LogP contribution is 2.07. The van der Waals surface area contributed by atoms with E-state index in [1.165, 1.54) is 45.1 Å². The summed E-state index contributed by atoms with van der Waals surface area (Å²) in [5.41, 5.74) is 0. The number of unbranched alkanes of at least 4 members (excludes halogenated alkanes) is 5. The van der Waals surface area contributed by atoms with Crippen molar-refractivity contribution in [3.63, 3.8) is 0 Å². The van der Waals surface area contributed by atoms with Crippen LogP contribution in [0.2, 0.25) is 0 Å². The van der Waals surface area contributed by atoms with Crippen molar-refractivity contribution < 1.29 is 0 Å². The second-order valence-corrected chi connectivity index (χ2v) is 5.37. The van der Waals surface area contributed by atoms with E-state index in [4.69, 9.17) is 0 Å². The van der Waals surface area contributed by atoms with Crippen molar-refractivity contribution in [3.05, 3.63) is 0 Å². The first kappa shape index (κ1) is 15.4. The van der Waals surface area contributed by atoms with Gasteiger partial charge in [0.15, 0.2) is 0 Å². The largest absolute Gasteiger partial charge is 0.313 e. The molecule has 1 atom stereocenters. The molecule has 1 unspecified atom stereocenters. The second-order valence-electron chi connectivity index (χ2n) is 4.73. The standard InChI is InChI=1S/C13H28BrN/c1-4-5-6-7-8-9-10-15-13(11-14)12(2)3/h12-13,15H,4-11H2,1-3H3. The Hall–Kier alpha value is 0.440. The molecule has 0 aromatic carbocycles. The molecule has 0 aromatic rings. The zero-order chi connectivity index (χ0) is 11.5. The summed E-state index contributed by atoms with van der Waals surface area (Å²) in [6.45, 7) is 8.01. The highest BCUT2D eigenvalue weighted by Gasteiger charge is 2.09. The normalized spacial score (nSPS) is 13.4. The molecule has 0 heterocycles. The van der Waals surface area contributed by atoms with E-state index in [1.54, 1.807) is 0 Å². The van der Waals surface area contributed by atoms with E-state index in [0.29, 0.717) is 6.04 Å². The van der Waals surface area contributed by atoms with Gasteiger partial charge in [-0.1, -0.05) is 68.8 Å². The summed E-state index contributed by atoms with van der Waals surface area (Å²) in [6, 6.07) is 0.639. The fourth-order valence-corrected chi connectivity index (χ4v) is 2.64. The lowest BCUT2D eigenvalue weighted by Crippen LogP contribution is -2.35. The average Bonchev–Trinajstić information content (AvgIpc) is 2.21. The summed E-state index contributed by atoms with van der Waals surface area (Å²) in [5.74, 6) is 0.726. The molecule has 0 aliphatic rings. The molecule has 0 radical (unpaired) electrons. The molecule has 0 rings (SSSR count). The van der Waals surface area contributed by atoms with Crippen molar-refractivity contribution in [2.45, 2.75) is 65.3 Å². The predicted octanol–water partition coefficient (Wildman–Crippen LogP) is 4.36. The van der Waals surface area contributed by atoms with Crippen LogP contribution >= 0.6 is 15.9 Å². The van der Waals surface area contributed by atoms with E-state index < -0.39 is 0 Å². The van der Waals surface area contributed by atoms with Crippen molar-refractivity contribution in [2.75, 3.05) is 11.9 Å². The van der Waals surface area contributed by atoms with E-state index in [9.17, 15) is 0 Å². The monoisotopic (exact) mass is 277 g/mol. The molecule has 0 saturated carbocycles. The minimum Gasteiger partial charge on any atom is -0.313 e. The third-order valence-corrected chi connectivity index (χ3v) is 3.61. The Morgan fingerprint density at radius 3 is 2.13 bits per heavy atom. The molecule has 0 amide bonds. The highest BCUT2D eigenvalue weighted by atomic mass is 79.9. The lowest BCUT2D eigenvalue weighted by molar-refractivity contribution is 0.426. The Morgan fingerprint density at radius 2 is 1.60 bits per heavy atom. The Morgan fingerprint density at radius 1 is 1.00 bits per heavy atom. The van der Waals surface area contributed by atoms with Crippen LogP contribution in [0, 0.1) is 5.92 Å². The van der Waals surface area contributed by atoms with Gasteiger partial charge in [-0.25, -0.2) is 0 Å². The van der Waals surface area contributed by atoms with Gasteiger partial charge in [-0.15, -0.1) is 0 Å². The topological polar surface area (TPSA) is 12.0 Å². The lowest BCUT2D eigenvalue weighted by atomic mass is 10.1. The number of rotatable bonds is 10. The molecule has 0 aliphatic carbocycles. The maximum atomic E-state index is 3.61. The van der Waals surface area contributed by atoms with Gasteiger partial charge in [0.25, 0.3) is 0 Å². The van der Waals surface area contributed by atoms with Crippen LogP contribution in [0.25, 0.3) is 0 Å². The molecule has 0 spiro atoms. The van der Waals surface area contributed by atoms with Gasteiger partial charge in [0.1, 0.15) is 0 Å². The maximum Gasteiger partial charge on any atom is 0.0188 e. The van der Waals surface area contributed by atoms with Crippen LogP contribution in [0.1, 0.15) is 59.3 Å². The van der Waals surface area contributed by atoms with Gasteiger partial charge < -0.3 is 5.32 Å². The molecule has 0 aliphatic heterocycles.